The topological polar surface area (TPSA) is 124 Å². The van der Waals surface area contributed by atoms with Crippen molar-refractivity contribution in [3.8, 4) is 0 Å². The number of carboxylic acid groups (broad SMARTS) is 2. The maximum Gasteiger partial charge on any atom is 0.336 e. The molecule has 0 amide bonds. The number of rotatable bonds is 6. The van der Waals surface area contributed by atoms with Crippen LogP contribution in [0.15, 0.2) is 0 Å². The fraction of sp³-hybridized carbons (Fsp3) is 0.625. The van der Waals surface area contributed by atoms with Gasteiger partial charge >= 0.3 is 17.9 Å². The molecule has 1 unspecified atom stereocenters. The van der Waals surface area contributed by atoms with Gasteiger partial charge in [-0.3, -0.25) is 9.59 Å². The van der Waals surface area contributed by atoms with Crippen LogP contribution >= 0.6 is 0 Å². The molecule has 1 rings (SSSR count). The normalized spacial score (nSPS) is 18.6. The van der Waals surface area contributed by atoms with Gasteiger partial charge in [0.05, 0.1) is 25.9 Å². The molecule has 0 aromatic carbocycles. The highest BCUT2D eigenvalue weighted by molar-refractivity contribution is 5.88. The standard InChI is InChI=1S/C8H11NO7/c10-5(11)3-8(15,7(13)14)4-6(12)16-9-1-2-9/h15H,1-4H2,(H,10,11)(H,13,14). The zero-order chi connectivity index (χ0) is 12.3. The zero-order valence-corrected chi connectivity index (χ0v) is 8.25. The lowest BCUT2D eigenvalue weighted by atomic mass is 9.96. The van der Waals surface area contributed by atoms with Crippen molar-refractivity contribution < 1.29 is 34.5 Å². The summed E-state index contributed by atoms with van der Waals surface area (Å²) in [5.41, 5.74) is -2.63. The van der Waals surface area contributed by atoms with Gasteiger partial charge in [0.1, 0.15) is 0 Å². The summed E-state index contributed by atoms with van der Waals surface area (Å²) in [6, 6.07) is 0. The monoisotopic (exact) mass is 233 g/mol. The number of carboxylic acids is 2. The molecule has 1 saturated heterocycles. The van der Waals surface area contributed by atoms with Crippen LogP contribution in [0.1, 0.15) is 12.8 Å². The van der Waals surface area contributed by atoms with Gasteiger partial charge in [-0.15, -0.1) is 5.06 Å². The van der Waals surface area contributed by atoms with Crippen molar-refractivity contribution in [1.29, 1.82) is 0 Å². The van der Waals surface area contributed by atoms with Gasteiger partial charge in [-0.05, 0) is 0 Å². The van der Waals surface area contributed by atoms with E-state index in [1.165, 1.54) is 5.06 Å². The van der Waals surface area contributed by atoms with Gasteiger partial charge in [0.15, 0.2) is 5.60 Å². The van der Waals surface area contributed by atoms with Crippen LogP contribution in [0.25, 0.3) is 0 Å². The lowest BCUT2D eigenvalue weighted by Crippen LogP contribution is -2.43. The maximum atomic E-state index is 11.1. The highest BCUT2D eigenvalue weighted by Gasteiger charge is 2.42. The minimum absolute atomic E-state index is 0.552. The predicted molar refractivity (Wildman–Crippen MR) is 47.1 cm³/mol. The van der Waals surface area contributed by atoms with E-state index < -0.39 is 36.4 Å². The molecule has 0 saturated carbocycles. The van der Waals surface area contributed by atoms with Crippen molar-refractivity contribution in [3.05, 3.63) is 0 Å². The van der Waals surface area contributed by atoms with Crippen molar-refractivity contribution >= 4 is 17.9 Å². The Morgan fingerprint density at radius 3 is 2.12 bits per heavy atom. The van der Waals surface area contributed by atoms with E-state index in [-0.39, 0.29) is 0 Å². The highest BCUT2D eigenvalue weighted by Crippen LogP contribution is 2.18. The first-order valence-corrected chi connectivity index (χ1v) is 4.47. The van der Waals surface area contributed by atoms with Crippen molar-refractivity contribution in [1.82, 2.24) is 5.06 Å². The Morgan fingerprint density at radius 1 is 1.19 bits per heavy atom. The van der Waals surface area contributed by atoms with Gasteiger partial charge in [0, 0.05) is 0 Å². The molecule has 16 heavy (non-hydrogen) atoms. The SMILES string of the molecule is O=C(O)CC(O)(CC(=O)ON1CC1)C(=O)O. The summed E-state index contributed by atoms with van der Waals surface area (Å²) in [6.07, 6.45) is -1.96. The van der Waals surface area contributed by atoms with Crippen LogP contribution in [0.3, 0.4) is 0 Å². The van der Waals surface area contributed by atoms with Crippen molar-refractivity contribution in [2.75, 3.05) is 13.1 Å². The smallest absolute Gasteiger partial charge is 0.336 e. The van der Waals surface area contributed by atoms with E-state index in [1.807, 2.05) is 0 Å². The van der Waals surface area contributed by atoms with Crippen LogP contribution in [0.4, 0.5) is 0 Å². The molecule has 1 aliphatic rings. The quantitative estimate of drug-likeness (QED) is 0.470. The van der Waals surface area contributed by atoms with Gasteiger partial charge < -0.3 is 20.2 Å². The summed E-state index contributed by atoms with van der Waals surface area (Å²) < 4.78 is 0. The molecule has 3 N–H and O–H groups in total. The third-order valence-corrected chi connectivity index (χ3v) is 1.92. The lowest BCUT2D eigenvalue weighted by molar-refractivity contribution is -0.181. The van der Waals surface area contributed by atoms with E-state index in [0.717, 1.165) is 0 Å². The van der Waals surface area contributed by atoms with Crippen molar-refractivity contribution in [2.24, 2.45) is 0 Å². The molecule has 0 radical (unpaired) electrons. The minimum atomic E-state index is -2.63. The van der Waals surface area contributed by atoms with Crippen LogP contribution in [-0.4, -0.2) is 57.0 Å². The lowest BCUT2D eigenvalue weighted by Gasteiger charge is -2.19. The average molecular weight is 233 g/mol. The molecular weight excluding hydrogens is 222 g/mol. The fourth-order valence-corrected chi connectivity index (χ4v) is 1.01. The molecule has 8 nitrogen and oxygen atoms in total. The molecule has 1 atom stereocenters. The number of aliphatic hydroxyl groups is 1. The zero-order valence-electron chi connectivity index (χ0n) is 8.25. The summed E-state index contributed by atoms with van der Waals surface area (Å²) in [5.74, 6) is -4.24. The van der Waals surface area contributed by atoms with Gasteiger partial charge in [-0.25, -0.2) is 4.79 Å². The van der Waals surface area contributed by atoms with Crippen molar-refractivity contribution in [3.63, 3.8) is 0 Å². The van der Waals surface area contributed by atoms with Crippen LogP contribution in [0.5, 0.6) is 0 Å². The van der Waals surface area contributed by atoms with Crippen LogP contribution in [0.2, 0.25) is 0 Å². The van der Waals surface area contributed by atoms with E-state index in [1.54, 1.807) is 0 Å². The average Bonchev–Trinajstić information content (AvgIpc) is 2.85. The number of nitrogens with zero attached hydrogens (tertiary/aromatic N) is 1. The second-order valence-electron chi connectivity index (χ2n) is 3.48. The Bertz CT molecular complexity index is 324. The predicted octanol–water partition coefficient (Wildman–Crippen LogP) is -1.56. The van der Waals surface area contributed by atoms with Gasteiger partial charge in [0.25, 0.3) is 0 Å². The Morgan fingerprint density at radius 2 is 1.75 bits per heavy atom. The molecule has 0 aliphatic carbocycles. The third-order valence-electron chi connectivity index (χ3n) is 1.92. The van der Waals surface area contributed by atoms with E-state index in [9.17, 15) is 19.5 Å². The number of hydrogen-bond donors (Lipinski definition) is 3. The Balaban J connectivity index is 2.57. The van der Waals surface area contributed by atoms with Gasteiger partial charge in [-0.1, -0.05) is 0 Å². The summed E-state index contributed by atoms with van der Waals surface area (Å²) in [5, 5.41) is 27.8. The summed E-state index contributed by atoms with van der Waals surface area (Å²) in [7, 11) is 0. The molecule has 8 heteroatoms. The first kappa shape index (κ1) is 12.4. The number of aliphatic carboxylic acids is 2. The Kier molecular flexibility index (Phi) is 3.45. The molecule has 90 valence electrons. The summed E-state index contributed by atoms with van der Waals surface area (Å²) in [6.45, 7) is 1.10. The van der Waals surface area contributed by atoms with Crippen LogP contribution in [0, 0.1) is 0 Å². The van der Waals surface area contributed by atoms with Crippen molar-refractivity contribution in [2.45, 2.75) is 18.4 Å². The number of carbonyl (C=O) groups is 3. The van der Waals surface area contributed by atoms with Gasteiger partial charge in [0.2, 0.25) is 0 Å². The van der Waals surface area contributed by atoms with E-state index >= 15 is 0 Å². The number of hydroxylamine groups is 2. The number of carbonyl (C=O) groups excluding carboxylic acids is 1. The van der Waals surface area contributed by atoms with E-state index in [2.05, 4.69) is 4.84 Å². The second kappa shape index (κ2) is 4.45. The molecule has 1 fully saturated rings. The molecule has 1 aliphatic heterocycles. The summed E-state index contributed by atoms with van der Waals surface area (Å²) in [4.78, 5) is 36.7. The first-order valence-electron chi connectivity index (χ1n) is 4.47. The maximum absolute atomic E-state index is 11.1. The molecule has 0 aromatic rings. The molecule has 0 spiro atoms. The fourth-order valence-electron chi connectivity index (χ4n) is 1.01. The van der Waals surface area contributed by atoms with E-state index in [0.29, 0.717) is 13.1 Å². The Labute approximate surface area is 90.0 Å². The Hall–Kier alpha value is -1.67. The molecule has 0 aromatic heterocycles. The molecule has 1 heterocycles. The third kappa shape index (κ3) is 3.48. The molecule has 0 bridgehead atoms. The largest absolute Gasteiger partial charge is 0.481 e. The van der Waals surface area contributed by atoms with Crippen LogP contribution in [-0.2, 0) is 19.2 Å². The molecular formula is C8H11NO7. The second-order valence-corrected chi connectivity index (χ2v) is 3.48. The van der Waals surface area contributed by atoms with Crippen LogP contribution < -0.4 is 0 Å². The first-order chi connectivity index (χ1) is 7.33. The van der Waals surface area contributed by atoms with Gasteiger partial charge in [-0.2, -0.15) is 0 Å². The van der Waals surface area contributed by atoms with E-state index in [4.69, 9.17) is 10.2 Å². The summed E-state index contributed by atoms with van der Waals surface area (Å²) >= 11 is 0. The number of hydrogen-bond acceptors (Lipinski definition) is 6. The minimum Gasteiger partial charge on any atom is -0.481 e. The highest BCUT2D eigenvalue weighted by atomic mass is 16.7.